The normalized spacial score (nSPS) is 21.7. The maximum Gasteiger partial charge on any atom is 0.164 e. The van der Waals surface area contributed by atoms with E-state index in [0.717, 1.165) is 39.5 Å². The fourth-order valence-corrected chi connectivity index (χ4v) is 4.28. The number of fused-ring (bicyclic) bond motifs is 3. The zero-order valence-corrected chi connectivity index (χ0v) is 19.0. The minimum absolute atomic E-state index is 0.247. The molecule has 2 heterocycles. The first kappa shape index (κ1) is 20.4. The molecule has 4 nitrogen and oxygen atoms in total. The molecule has 0 aliphatic heterocycles. The molecule has 2 aromatic rings. The van der Waals surface area contributed by atoms with E-state index in [9.17, 15) is 0 Å². The number of aromatic nitrogens is 3. The Kier molecular flexibility index (Phi) is 5.22. The number of aryl methyl sites for hydroxylation is 1. The van der Waals surface area contributed by atoms with Gasteiger partial charge in [-0.05, 0) is 44.3 Å². The van der Waals surface area contributed by atoms with Gasteiger partial charge in [-0.15, -0.1) is 0 Å². The fourth-order valence-electron chi connectivity index (χ4n) is 4.28. The lowest BCUT2D eigenvalue weighted by Gasteiger charge is -2.08. The Hall–Kier alpha value is -3.53. The molecule has 4 heteroatoms. The topological polar surface area (TPSA) is 51.8 Å². The molecule has 3 aliphatic carbocycles. The molecule has 2 aromatic heterocycles. The molecule has 0 saturated carbocycles. The Bertz CT molecular complexity index is 1390. The summed E-state index contributed by atoms with van der Waals surface area (Å²) in [4.78, 5) is 14.4. The van der Waals surface area contributed by atoms with Crippen molar-refractivity contribution in [2.24, 2.45) is 11.8 Å². The monoisotopic (exact) mass is 421 g/mol. The predicted molar refractivity (Wildman–Crippen MR) is 131 cm³/mol. The first-order chi connectivity index (χ1) is 15.5. The first-order valence-electron chi connectivity index (χ1n) is 11.2. The molecule has 0 saturated heterocycles. The third kappa shape index (κ3) is 3.89. The lowest BCUT2D eigenvalue weighted by molar-refractivity contribution is 0.518. The molecule has 0 spiro atoms. The van der Waals surface area contributed by atoms with E-state index in [4.69, 9.17) is 14.4 Å². The van der Waals surface area contributed by atoms with Gasteiger partial charge in [-0.1, -0.05) is 74.1 Å². The molecular formula is C28H27N3O. The molecule has 2 unspecified atom stereocenters. The minimum Gasteiger partial charge on any atom is -0.456 e. The highest BCUT2D eigenvalue weighted by Gasteiger charge is 2.19. The maximum absolute atomic E-state index is 6.34. The number of nitrogens with zero attached hydrogens (tertiary/aromatic N) is 3. The summed E-state index contributed by atoms with van der Waals surface area (Å²) in [7, 11) is 0. The van der Waals surface area contributed by atoms with Gasteiger partial charge in [0.15, 0.2) is 11.6 Å². The lowest BCUT2D eigenvalue weighted by Crippen LogP contribution is -2.26. The number of hydrogen-bond donors (Lipinski definition) is 0. The molecular weight excluding hydrogens is 394 g/mol. The highest BCUT2D eigenvalue weighted by molar-refractivity contribution is 5.78. The van der Waals surface area contributed by atoms with E-state index in [0.29, 0.717) is 23.4 Å². The van der Waals surface area contributed by atoms with Crippen molar-refractivity contribution >= 4 is 29.4 Å². The second kappa shape index (κ2) is 8.19. The Labute approximate surface area is 188 Å². The van der Waals surface area contributed by atoms with Crippen molar-refractivity contribution in [3.8, 4) is 0 Å². The van der Waals surface area contributed by atoms with Crippen LogP contribution in [-0.2, 0) is 0 Å². The molecule has 2 atom stereocenters. The highest BCUT2D eigenvalue weighted by Crippen LogP contribution is 2.23. The maximum atomic E-state index is 6.34. The average Bonchev–Trinajstić information content (AvgIpc) is 2.95. The van der Waals surface area contributed by atoms with Crippen molar-refractivity contribution in [3.63, 3.8) is 0 Å². The quantitative estimate of drug-likeness (QED) is 0.690. The molecule has 0 bridgehead atoms. The smallest absolute Gasteiger partial charge is 0.164 e. The summed E-state index contributed by atoms with van der Waals surface area (Å²) in [5, 5.41) is 1.06. The van der Waals surface area contributed by atoms with Crippen LogP contribution in [0.25, 0.3) is 29.4 Å². The summed E-state index contributed by atoms with van der Waals surface area (Å²) < 4.78 is 6.34. The van der Waals surface area contributed by atoms with Crippen LogP contribution < -0.4 is 10.6 Å². The zero-order valence-electron chi connectivity index (χ0n) is 19.0. The summed E-state index contributed by atoms with van der Waals surface area (Å²) in [5.41, 5.74) is 5.23. The van der Waals surface area contributed by atoms with E-state index in [-0.39, 0.29) is 5.92 Å². The molecule has 0 fully saturated rings. The molecule has 0 amide bonds. The summed E-state index contributed by atoms with van der Waals surface area (Å²) in [6, 6.07) is 0. The van der Waals surface area contributed by atoms with Gasteiger partial charge in [0.2, 0.25) is 0 Å². The van der Waals surface area contributed by atoms with Crippen LogP contribution in [0.15, 0.2) is 58.6 Å². The number of allylic oxidation sites excluding steroid dienone is 10. The van der Waals surface area contributed by atoms with Crippen molar-refractivity contribution < 1.29 is 4.42 Å². The van der Waals surface area contributed by atoms with Gasteiger partial charge in [0.1, 0.15) is 17.0 Å². The van der Waals surface area contributed by atoms with E-state index in [1.54, 1.807) is 0 Å². The summed E-state index contributed by atoms with van der Waals surface area (Å²) in [5.74, 6) is 3.54. The van der Waals surface area contributed by atoms with Gasteiger partial charge in [0.25, 0.3) is 0 Å². The summed E-state index contributed by atoms with van der Waals surface area (Å²) >= 11 is 0. The molecule has 5 rings (SSSR count). The van der Waals surface area contributed by atoms with Gasteiger partial charge in [-0.2, -0.15) is 0 Å². The fraction of sp³-hybridized carbons (Fsp3) is 0.250. The summed E-state index contributed by atoms with van der Waals surface area (Å²) in [6.07, 6.45) is 24.4. The first-order valence-corrected chi connectivity index (χ1v) is 11.2. The van der Waals surface area contributed by atoms with Crippen LogP contribution in [0.4, 0.5) is 0 Å². The molecule has 0 radical (unpaired) electrons. The molecule has 0 aromatic carbocycles. The van der Waals surface area contributed by atoms with Gasteiger partial charge in [0, 0.05) is 21.9 Å². The lowest BCUT2D eigenvalue weighted by atomic mass is 10.1. The molecule has 0 N–H and O–H groups in total. The number of furan rings is 1. The van der Waals surface area contributed by atoms with Crippen LogP contribution in [0, 0.1) is 18.8 Å². The van der Waals surface area contributed by atoms with Crippen molar-refractivity contribution in [1.29, 1.82) is 0 Å². The van der Waals surface area contributed by atoms with Gasteiger partial charge in [0.05, 0.1) is 0 Å². The van der Waals surface area contributed by atoms with E-state index < -0.39 is 0 Å². The predicted octanol–water partition coefficient (Wildman–Crippen LogP) is 4.92. The third-order valence-electron chi connectivity index (χ3n) is 5.84. The van der Waals surface area contributed by atoms with Crippen LogP contribution in [-0.4, -0.2) is 15.0 Å². The van der Waals surface area contributed by atoms with Gasteiger partial charge < -0.3 is 4.42 Å². The van der Waals surface area contributed by atoms with Gasteiger partial charge >= 0.3 is 0 Å². The van der Waals surface area contributed by atoms with Gasteiger partial charge in [-0.25, -0.2) is 15.0 Å². The molecule has 160 valence electrons. The van der Waals surface area contributed by atoms with Crippen molar-refractivity contribution in [3.05, 3.63) is 93.6 Å². The zero-order chi connectivity index (χ0) is 22.2. The van der Waals surface area contributed by atoms with Crippen LogP contribution in [0.2, 0.25) is 0 Å². The number of hydrogen-bond acceptors (Lipinski definition) is 4. The Balaban J connectivity index is 1.78. The summed E-state index contributed by atoms with van der Waals surface area (Å²) in [6.45, 7) is 8.38. The van der Waals surface area contributed by atoms with E-state index in [2.05, 4.69) is 86.5 Å². The number of rotatable bonds is 2. The third-order valence-corrected chi connectivity index (χ3v) is 5.84. The van der Waals surface area contributed by atoms with Crippen LogP contribution in [0.5, 0.6) is 0 Å². The van der Waals surface area contributed by atoms with Crippen molar-refractivity contribution in [1.82, 2.24) is 15.0 Å². The Morgan fingerprint density at radius 1 is 0.875 bits per heavy atom. The Morgan fingerprint density at radius 2 is 1.69 bits per heavy atom. The minimum atomic E-state index is 0.247. The molecule has 3 aliphatic rings. The molecule has 32 heavy (non-hydrogen) atoms. The average molecular weight is 422 g/mol. The Morgan fingerprint density at radius 3 is 2.56 bits per heavy atom. The van der Waals surface area contributed by atoms with Gasteiger partial charge in [-0.3, -0.25) is 0 Å². The van der Waals surface area contributed by atoms with Crippen molar-refractivity contribution in [2.75, 3.05) is 0 Å². The standard InChI is InChI=1S/C28H27N3O/c1-17-8-5-6-10-21(14-17)27-29-20(4)30-28(31-27)23-13-12-19(3)16-25-26(23)22-11-7-9-18(2)15-24(22)32-25/h5-8,10-17,19H,9H2,1-4H3. The second-order valence-corrected chi connectivity index (χ2v) is 8.77. The highest BCUT2D eigenvalue weighted by atomic mass is 16.3. The van der Waals surface area contributed by atoms with E-state index in [1.807, 2.05) is 13.0 Å². The van der Waals surface area contributed by atoms with Crippen LogP contribution in [0.3, 0.4) is 0 Å². The SMILES string of the molecule is CC1=Cc2oc3c(c2C=CC1)=C(c1nc(C)nc(C2=CC(C)C=CC=C2)n1)C=CC(C)C=3. The van der Waals surface area contributed by atoms with Crippen LogP contribution in [0.1, 0.15) is 56.0 Å². The largest absolute Gasteiger partial charge is 0.456 e. The van der Waals surface area contributed by atoms with E-state index in [1.165, 1.54) is 5.57 Å². The second-order valence-electron chi connectivity index (χ2n) is 8.77. The van der Waals surface area contributed by atoms with Crippen LogP contribution >= 0.6 is 0 Å². The van der Waals surface area contributed by atoms with E-state index >= 15 is 0 Å². The van der Waals surface area contributed by atoms with Crippen molar-refractivity contribution in [2.45, 2.75) is 34.1 Å².